The fraction of sp³-hybridized carbons (Fsp3) is 0.250. The molecule has 5 rings (SSSR count). The van der Waals surface area contributed by atoms with E-state index in [0.717, 1.165) is 11.3 Å². The molecule has 9 nitrogen and oxygen atoms in total. The van der Waals surface area contributed by atoms with Crippen LogP contribution in [0, 0.1) is 0 Å². The molecule has 44 heavy (non-hydrogen) atoms. The lowest BCUT2D eigenvalue weighted by Gasteiger charge is -2.24. The van der Waals surface area contributed by atoms with Crippen molar-refractivity contribution in [3.8, 4) is 11.5 Å². The summed E-state index contributed by atoms with van der Waals surface area (Å²) in [7, 11) is 1.48. The first-order chi connectivity index (χ1) is 21.2. The summed E-state index contributed by atoms with van der Waals surface area (Å²) >= 11 is 9.32. The van der Waals surface area contributed by atoms with Crippen molar-refractivity contribution < 1.29 is 28.9 Å². The maximum Gasteiger partial charge on any atom is 0.338 e. The van der Waals surface area contributed by atoms with Crippen molar-refractivity contribution in [2.45, 2.75) is 39.3 Å². The van der Waals surface area contributed by atoms with Crippen LogP contribution in [0.25, 0.3) is 6.08 Å². The van der Waals surface area contributed by atoms with Crippen molar-refractivity contribution in [3.05, 3.63) is 111 Å². The number of ether oxygens (including phenoxy) is 3. The van der Waals surface area contributed by atoms with Gasteiger partial charge in [-0.1, -0.05) is 54.5 Å². The summed E-state index contributed by atoms with van der Waals surface area (Å²) in [5.41, 5.74) is 2.12. The Kier molecular flexibility index (Phi) is 9.68. The Balaban J connectivity index is 1.55. The molecular weight excluding hydrogens is 624 g/mol. The molecule has 12 heteroatoms. The first-order valence-corrected chi connectivity index (χ1v) is 15.9. The van der Waals surface area contributed by atoms with Crippen molar-refractivity contribution in [2.75, 3.05) is 13.7 Å². The Labute approximate surface area is 265 Å². The van der Waals surface area contributed by atoms with Crippen LogP contribution in [0.3, 0.4) is 0 Å². The van der Waals surface area contributed by atoms with Crippen molar-refractivity contribution in [2.24, 2.45) is 4.99 Å². The van der Waals surface area contributed by atoms with Gasteiger partial charge in [0.1, 0.15) is 12.6 Å². The average molecular weight is 653 g/mol. The lowest BCUT2D eigenvalue weighted by molar-refractivity contribution is -0.139. The standard InChI is InChI=1S/C32H29ClN2O7S2/c1-4-8-22-26(31(39)41-5-2)27(24-11-7-12-43-24)35-29(36)25(44-32(35)34-22)16-19-14-21(33)28(23(15-19)40-3)42-17-18-9-6-10-20(13-18)30(37)38/h6-7,9-16,27H,4-5,8,17H2,1-3H3,(H,37,38)/b25-16+/t27-/m0/s1. The van der Waals surface area contributed by atoms with Gasteiger partial charge in [0.05, 0.1) is 40.1 Å². The molecule has 4 aromatic rings. The van der Waals surface area contributed by atoms with Gasteiger partial charge in [-0.3, -0.25) is 9.36 Å². The molecule has 0 saturated heterocycles. The van der Waals surface area contributed by atoms with Crippen LogP contribution in [0.5, 0.6) is 11.5 Å². The molecule has 0 unspecified atom stereocenters. The Morgan fingerprint density at radius 1 is 1.16 bits per heavy atom. The van der Waals surface area contributed by atoms with Gasteiger partial charge in [0.2, 0.25) is 0 Å². The Hall–Kier alpha value is -4.19. The molecule has 3 heterocycles. The van der Waals surface area contributed by atoms with Crippen LogP contribution < -0.4 is 24.4 Å². The number of allylic oxidation sites excluding steroid dienone is 1. The van der Waals surface area contributed by atoms with Gasteiger partial charge in [-0.25, -0.2) is 14.6 Å². The predicted molar refractivity (Wildman–Crippen MR) is 170 cm³/mol. The molecule has 2 aromatic heterocycles. The van der Waals surface area contributed by atoms with Gasteiger partial charge >= 0.3 is 11.9 Å². The number of nitrogens with zero attached hydrogens (tertiary/aromatic N) is 2. The third kappa shape index (κ3) is 6.35. The van der Waals surface area contributed by atoms with Crippen molar-refractivity contribution in [3.63, 3.8) is 0 Å². The SMILES string of the molecule is CCCC1=C(C(=O)OCC)[C@H](c2cccs2)n2c(s/c(=C/c3cc(Cl)c(OCc4cccc(C(=O)O)c4)c(OC)c3)c2=O)=N1. The normalized spacial score (nSPS) is 14.6. The van der Waals surface area contributed by atoms with Gasteiger partial charge in [-0.05, 0) is 66.3 Å². The Morgan fingerprint density at radius 2 is 1.98 bits per heavy atom. The number of halogens is 1. The number of thiophene rings is 1. The molecule has 1 N–H and O–H groups in total. The van der Waals surface area contributed by atoms with E-state index in [1.165, 1.54) is 41.9 Å². The molecule has 1 aliphatic rings. The second-order valence-electron chi connectivity index (χ2n) is 9.76. The minimum absolute atomic E-state index is 0.0702. The monoisotopic (exact) mass is 652 g/mol. The molecule has 0 spiro atoms. The van der Waals surface area contributed by atoms with E-state index in [0.29, 0.717) is 43.9 Å². The summed E-state index contributed by atoms with van der Waals surface area (Å²) in [6, 6.07) is 12.9. The van der Waals surface area contributed by atoms with Gasteiger partial charge in [0.15, 0.2) is 16.3 Å². The summed E-state index contributed by atoms with van der Waals surface area (Å²) in [6.07, 6.45) is 3.04. The molecule has 0 saturated carbocycles. The number of aromatic carboxylic acids is 1. The van der Waals surface area contributed by atoms with E-state index in [4.69, 9.17) is 30.8 Å². The summed E-state index contributed by atoms with van der Waals surface area (Å²) in [6.45, 7) is 4.04. The van der Waals surface area contributed by atoms with Crippen molar-refractivity contribution in [1.82, 2.24) is 4.57 Å². The summed E-state index contributed by atoms with van der Waals surface area (Å²) in [5, 5.41) is 11.4. The molecule has 2 aromatic carbocycles. The quantitative estimate of drug-likeness (QED) is 0.210. The lowest BCUT2D eigenvalue weighted by Crippen LogP contribution is -2.39. The van der Waals surface area contributed by atoms with Crippen LogP contribution in [0.15, 0.2) is 75.0 Å². The minimum Gasteiger partial charge on any atom is -0.493 e. The zero-order valence-corrected chi connectivity index (χ0v) is 26.6. The molecule has 0 aliphatic carbocycles. The van der Waals surface area contributed by atoms with E-state index in [1.54, 1.807) is 41.8 Å². The fourth-order valence-corrected chi connectivity index (χ4v) is 7.02. The molecule has 1 aliphatic heterocycles. The summed E-state index contributed by atoms with van der Waals surface area (Å²) in [5.74, 6) is -0.877. The van der Waals surface area contributed by atoms with Crippen LogP contribution in [0.2, 0.25) is 5.02 Å². The topological polar surface area (TPSA) is 116 Å². The highest BCUT2D eigenvalue weighted by atomic mass is 35.5. The fourth-order valence-electron chi connectivity index (χ4n) is 4.90. The number of carbonyl (C=O) groups is 2. The van der Waals surface area contributed by atoms with Crippen molar-refractivity contribution >= 4 is 52.3 Å². The highest BCUT2D eigenvalue weighted by Gasteiger charge is 2.34. The van der Waals surface area contributed by atoms with Gasteiger partial charge in [0.25, 0.3) is 5.56 Å². The second kappa shape index (κ2) is 13.6. The largest absolute Gasteiger partial charge is 0.493 e. The number of aromatic nitrogens is 1. The summed E-state index contributed by atoms with van der Waals surface area (Å²) in [4.78, 5) is 44.6. The van der Waals surface area contributed by atoms with Crippen LogP contribution in [0.1, 0.15) is 59.1 Å². The van der Waals surface area contributed by atoms with Crippen LogP contribution in [-0.4, -0.2) is 35.3 Å². The van der Waals surface area contributed by atoms with Crippen LogP contribution >= 0.6 is 34.3 Å². The van der Waals surface area contributed by atoms with Gasteiger partial charge in [0, 0.05) is 4.88 Å². The van der Waals surface area contributed by atoms with E-state index in [9.17, 15) is 19.5 Å². The minimum atomic E-state index is -1.03. The maximum atomic E-state index is 13.9. The summed E-state index contributed by atoms with van der Waals surface area (Å²) < 4.78 is 18.9. The van der Waals surface area contributed by atoms with Crippen LogP contribution in [0.4, 0.5) is 0 Å². The lowest BCUT2D eigenvalue weighted by atomic mass is 9.99. The third-order valence-electron chi connectivity index (χ3n) is 6.81. The Bertz CT molecular complexity index is 1930. The van der Waals surface area contributed by atoms with E-state index in [2.05, 4.69) is 0 Å². The average Bonchev–Trinajstić information content (AvgIpc) is 3.64. The number of methoxy groups -OCH3 is 1. The first kappa shape index (κ1) is 31.2. The number of carboxylic acids is 1. The second-order valence-corrected chi connectivity index (χ2v) is 12.2. The Morgan fingerprint density at radius 3 is 2.66 bits per heavy atom. The number of benzene rings is 2. The predicted octanol–water partition coefficient (Wildman–Crippen LogP) is 5.58. The maximum absolute atomic E-state index is 13.9. The molecular formula is C32H29ClN2O7S2. The van der Waals surface area contributed by atoms with Crippen molar-refractivity contribution in [1.29, 1.82) is 0 Å². The van der Waals surface area contributed by atoms with E-state index >= 15 is 0 Å². The van der Waals surface area contributed by atoms with E-state index in [1.807, 2.05) is 24.4 Å². The number of carbonyl (C=O) groups excluding carboxylic acids is 1. The molecule has 0 bridgehead atoms. The van der Waals surface area contributed by atoms with E-state index < -0.39 is 18.0 Å². The zero-order chi connectivity index (χ0) is 31.4. The number of thiazole rings is 1. The molecule has 0 fully saturated rings. The van der Waals surface area contributed by atoms with Gasteiger partial charge in [-0.2, -0.15) is 0 Å². The number of carboxylic acid groups (broad SMARTS) is 1. The molecule has 0 radical (unpaired) electrons. The highest BCUT2D eigenvalue weighted by Crippen LogP contribution is 2.38. The van der Waals surface area contributed by atoms with E-state index in [-0.39, 0.29) is 35.1 Å². The number of esters is 1. The van der Waals surface area contributed by atoms with Crippen LogP contribution in [-0.2, 0) is 16.1 Å². The number of hydrogen-bond acceptors (Lipinski definition) is 9. The smallest absolute Gasteiger partial charge is 0.338 e. The molecule has 0 amide bonds. The third-order valence-corrected chi connectivity index (χ3v) is 9.00. The van der Waals surface area contributed by atoms with Gasteiger partial charge < -0.3 is 19.3 Å². The first-order valence-electron chi connectivity index (χ1n) is 13.8. The zero-order valence-electron chi connectivity index (χ0n) is 24.2. The van der Waals surface area contributed by atoms with Gasteiger partial charge in [-0.15, -0.1) is 11.3 Å². The number of hydrogen-bond donors (Lipinski definition) is 1. The highest BCUT2D eigenvalue weighted by molar-refractivity contribution is 7.10. The number of fused-ring (bicyclic) bond motifs is 1. The molecule has 1 atom stereocenters. The molecule has 228 valence electrons. The number of rotatable bonds is 11.